The fraction of sp³-hybridized carbons (Fsp3) is 0.727. The fourth-order valence-electron chi connectivity index (χ4n) is 2.50. The third-order valence-electron chi connectivity index (χ3n) is 3.47. The highest BCUT2D eigenvalue weighted by Crippen LogP contribution is 2.42. The Bertz CT molecular complexity index is 321. The Kier molecular flexibility index (Phi) is 2.35. The Labute approximate surface area is 84.7 Å². The molecule has 1 N–H and O–H groups in total. The molecule has 0 saturated heterocycles. The summed E-state index contributed by atoms with van der Waals surface area (Å²) in [7, 11) is 0. The van der Waals surface area contributed by atoms with E-state index in [1.54, 1.807) is 6.20 Å². The number of aliphatic hydroxyl groups is 1. The molecule has 0 radical (unpaired) electrons. The zero-order valence-electron chi connectivity index (χ0n) is 8.90. The summed E-state index contributed by atoms with van der Waals surface area (Å²) >= 11 is 0. The van der Waals surface area contributed by atoms with Crippen LogP contribution in [0.1, 0.15) is 38.8 Å². The SMILES string of the molecule is CCn1nccc1C1(O)CCCC1C. The molecule has 14 heavy (non-hydrogen) atoms. The van der Waals surface area contributed by atoms with Crippen LogP contribution in [-0.4, -0.2) is 14.9 Å². The van der Waals surface area contributed by atoms with Gasteiger partial charge in [-0.2, -0.15) is 5.10 Å². The topological polar surface area (TPSA) is 38.0 Å². The highest BCUT2D eigenvalue weighted by atomic mass is 16.3. The van der Waals surface area contributed by atoms with Gasteiger partial charge in [-0.25, -0.2) is 0 Å². The summed E-state index contributed by atoms with van der Waals surface area (Å²) < 4.78 is 1.90. The molecule has 3 heteroatoms. The third-order valence-corrected chi connectivity index (χ3v) is 3.47. The van der Waals surface area contributed by atoms with E-state index in [-0.39, 0.29) is 0 Å². The smallest absolute Gasteiger partial charge is 0.109 e. The van der Waals surface area contributed by atoms with Crippen LogP contribution in [0, 0.1) is 5.92 Å². The Hall–Kier alpha value is -0.830. The van der Waals surface area contributed by atoms with Crippen LogP contribution in [0.15, 0.2) is 12.3 Å². The molecular formula is C11H18N2O. The van der Waals surface area contributed by atoms with Crippen molar-refractivity contribution in [2.75, 3.05) is 0 Å². The van der Waals surface area contributed by atoms with Crippen LogP contribution >= 0.6 is 0 Å². The molecule has 1 fully saturated rings. The average molecular weight is 194 g/mol. The summed E-state index contributed by atoms with van der Waals surface area (Å²) in [5.74, 6) is 0.351. The lowest BCUT2D eigenvalue weighted by Crippen LogP contribution is -2.31. The molecule has 1 saturated carbocycles. The van der Waals surface area contributed by atoms with Gasteiger partial charge in [-0.1, -0.05) is 6.92 Å². The van der Waals surface area contributed by atoms with E-state index in [2.05, 4.69) is 18.9 Å². The summed E-state index contributed by atoms with van der Waals surface area (Å²) in [6, 6.07) is 1.95. The standard InChI is InChI=1S/C11H18N2O/c1-3-13-10(6-8-12-13)11(14)7-4-5-9(11)2/h6,8-9,14H,3-5,7H2,1-2H3. The van der Waals surface area contributed by atoms with E-state index in [0.717, 1.165) is 31.5 Å². The molecule has 0 spiro atoms. The number of aryl methyl sites for hydroxylation is 1. The first-order valence-corrected chi connectivity index (χ1v) is 5.43. The van der Waals surface area contributed by atoms with Crippen LogP contribution in [-0.2, 0) is 12.1 Å². The van der Waals surface area contributed by atoms with Crippen molar-refractivity contribution < 1.29 is 5.11 Å². The van der Waals surface area contributed by atoms with Crippen molar-refractivity contribution in [1.29, 1.82) is 0 Å². The number of rotatable bonds is 2. The van der Waals surface area contributed by atoms with Gasteiger partial charge in [-0.15, -0.1) is 0 Å². The van der Waals surface area contributed by atoms with Crippen molar-refractivity contribution in [3.63, 3.8) is 0 Å². The fourth-order valence-corrected chi connectivity index (χ4v) is 2.50. The number of aromatic nitrogens is 2. The van der Waals surface area contributed by atoms with Crippen molar-refractivity contribution in [2.45, 2.75) is 45.3 Å². The third kappa shape index (κ3) is 1.27. The first-order valence-electron chi connectivity index (χ1n) is 5.43. The second-order valence-corrected chi connectivity index (χ2v) is 4.25. The van der Waals surface area contributed by atoms with Gasteiger partial charge in [-0.05, 0) is 38.2 Å². The lowest BCUT2D eigenvalue weighted by molar-refractivity contribution is -0.00392. The van der Waals surface area contributed by atoms with Gasteiger partial charge < -0.3 is 5.11 Å². The van der Waals surface area contributed by atoms with Crippen LogP contribution < -0.4 is 0 Å². The second kappa shape index (κ2) is 3.39. The zero-order chi connectivity index (χ0) is 10.2. The molecule has 0 aliphatic heterocycles. The van der Waals surface area contributed by atoms with Crippen LogP contribution in [0.3, 0.4) is 0 Å². The maximum absolute atomic E-state index is 10.6. The minimum atomic E-state index is -0.632. The normalized spacial score (nSPS) is 32.4. The highest BCUT2D eigenvalue weighted by Gasteiger charge is 2.41. The predicted molar refractivity (Wildman–Crippen MR) is 54.8 cm³/mol. The first kappa shape index (κ1) is 9.71. The molecule has 0 amide bonds. The molecule has 3 nitrogen and oxygen atoms in total. The van der Waals surface area contributed by atoms with Gasteiger partial charge in [0.25, 0.3) is 0 Å². The maximum atomic E-state index is 10.6. The van der Waals surface area contributed by atoms with Gasteiger partial charge in [0.15, 0.2) is 0 Å². The quantitative estimate of drug-likeness (QED) is 0.781. The van der Waals surface area contributed by atoms with Crippen LogP contribution in [0.2, 0.25) is 0 Å². The zero-order valence-corrected chi connectivity index (χ0v) is 8.90. The number of hydrogen-bond donors (Lipinski definition) is 1. The minimum absolute atomic E-state index is 0.351. The van der Waals surface area contributed by atoms with Crippen LogP contribution in [0.4, 0.5) is 0 Å². The first-order chi connectivity index (χ1) is 6.68. The molecule has 1 aromatic rings. The monoisotopic (exact) mass is 194 g/mol. The van der Waals surface area contributed by atoms with E-state index in [9.17, 15) is 5.11 Å². The highest BCUT2D eigenvalue weighted by molar-refractivity contribution is 5.15. The Morgan fingerprint density at radius 2 is 2.50 bits per heavy atom. The Balaban J connectivity index is 2.37. The predicted octanol–water partition coefficient (Wildman–Crippen LogP) is 1.91. The van der Waals surface area contributed by atoms with Crippen molar-refractivity contribution in [3.8, 4) is 0 Å². The largest absolute Gasteiger partial charge is 0.383 e. The van der Waals surface area contributed by atoms with Crippen LogP contribution in [0.25, 0.3) is 0 Å². The molecular weight excluding hydrogens is 176 g/mol. The van der Waals surface area contributed by atoms with Crippen LogP contribution in [0.5, 0.6) is 0 Å². The Morgan fingerprint density at radius 3 is 3.07 bits per heavy atom. The second-order valence-electron chi connectivity index (χ2n) is 4.25. The lowest BCUT2D eigenvalue weighted by Gasteiger charge is -2.28. The van der Waals surface area contributed by atoms with E-state index in [1.165, 1.54) is 0 Å². The Morgan fingerprint density at radius 1 is 1.71 bits per heavy atom. The summed E-state index contributed by atoms with van der Waals surface area (Å²) in [4.78, 5) is 0. The maximum Gasteiger partial charge on any atom is 0.109 e. The molecule has 2 rings (SSSR count). The molecule has 1 aliphatic carbocycles. The van der Waals surface area contributed by atoms with E-state index >= 15 is 0 Å². The molecule has 0 bridgehead atoms. The molecule has 1 aromatic heterocycles. The van der Waals surface area contributed by atoms with Crippen molar-refractivity contribution in [3.05, 3.63) is 18.0 Å². The van der Waals surface area contributed by atoms with Crippen molar-refractivity contribution >= 4 is 0 Å². The molecule has 0 aromatic carbocycles. The summed E-state index contributed by atoms with van der Waals surface area (Å²) in [6.45, 7) is 5.01. The minimum Gasteiger partial charge on any atom is -0.383 e. The lowest BCUT2D eigenvalue weighted by atomic mass is 9.89. The van der Waals surface area contributed by atoms with E-state index in [4.69, 9.17) is 0 Å². The average Bonchev–Trinajstić information content (AvgIpc) is 2.75. The van der Waals surface area contributed by atoms with Gasteiger partial charge in [0.2, 0.25) is 0 Å². The van der Waals surface area contributed by atoms with Gasteiger partial charge in [0.05, 0.1) is 5.69 Å². The summed E-state index contributed by atoms with van der Waals surface area (Å²) in [5.41, 5.74) is 0.358. The van der Waals surface area contributed by atoms with Gasteiger partial charge in [-0.3, -0.25) is 4.68 Å². The summed E-state index contributed by atoms with van der Waals surface area (Å²) in [5, 5.41) is 14.8. The van der Waals surface area contributed by atoms with E-state index in [1.807, 2.05) is 10.7 Å². The van der Waals surface area contributed by atoms with Crippen molar-refractivity contribution in [1.82, 2.24) is 9.78 Å². The van der Waals surface area contributed by atoms with Gasteiger partial charge in [0, 0.05) is 12.7 Å². The van der Waals surface area contributed by atoms with Gasteiger partial charge >= 0.3 is 0 Å². The van der Waals surface area contributed by atoms with E-state index in [0.29, 0.717) is 5.92 Å². The number of hydrogen-bond acceptors (Lipinski definition) is 2. The molecule has 2 atom stereocenters. The molecule has 1 heterocycles. The molecule has 2 unspecified atom stereocenters. The molecule has 1 aliphatic rings. The van der Waals surface area contributed by atoms with Gasteiger partial charge in [0.1, 0.15) is 5.60 Å². The van der Waals surface area contributed by atoms with E-state index < -0.39 is 5.60 Å². The summed E-state index contributed by atoms with van der Waals surface area (Å²) in [6.07, 6.45) is 4.89. The van der Waals surface area contributed by atoms with Crippen molar-refractivity contribution in [2.24, 2.45) is 5.92 Å². The number of nitrogens with zero attached hydrogens (tertiary/aromatic N) is 2. The molecule has 78 valence electrons.